The normalized spacial score (nSPS) is 14.1. The van der Waals surface area contributed by atoms with Gasteiger partial charge in [0, 0.05) is 19.5 Å². The van der Waals surface area contributed by atoms with E-state index in [1.54, 1.807) is 6.07 Å². The second kappa shape index (κ2) is 5.90. The molecule has 1 rings (SSSR count). The lowest BCUT2D eigenvalue weighted by molar-refractivity contribution is -0.146. The Morgan fingerprint density at radius 2 is 2.29 bits per heavy atom. The van der Waals surface area contributed by atoms with Crippen molar-refractivity contribution < 1.29 is 19.2 Å². The summed E-state index contributed by atoms with van der Waals surface area (Å²) in [6.45, 7) is 1.42. The molecule has 0 heterocycles. The van der Waals surface area contributed by atoms with Gasteiger partial charge in [-0.05, 0) is 22.8 Å². The molecule has 2 unspecified atom stereocenters. The van der Waals surface area contributed by atoms with Crippen molar-refractivity contribution >= 4 is 17.1 Å². The minimum atomic E-state index is -1.31. The quantitative estimate of drug-likeness (QED) is 0.611. The molecule has 0 aliphatic heterocycles. The summed E-state index contributed by atoms with van der Waals surface area (Å²) in [5.74, 6) is -0.485. The molecule has 17 heavy (non-hydrogen) atoms. The van der Waals surface area contributed by atoms with Crippen LogP contribution in [0.3, 0.4) is 0 Å². The molecule has 0 aromatic heterocycles. The summed E-state index contributed by atoms with van der Waals surface area (Å²) < 4.78 is 16.4. The zero-order chi connectivity index (χ0) is 13.0. The third kappa shape index (κ3) is 3.62. The van der Waals surface area contributed by atoms with Crippen LogP contribution in [0.1, 0.15) is 18.6 Å². The molecule has 6 heteroatoms. The van der Waals surface area contributed by atoms with Gasteiger partial charge in [-0.2, -0.15) is 0 Å². The predicted octanol–water partition coefficient (Wildman–Crippen LogP) is 0.692. The molecule has 0 bridgehead atoms. The topological polar surface area (TPSA) is 95.6 Å². The lowest BCUT2D eigenvalue weighted by Crippen LogP contribution is -2.18. The first-order valence-electron chi connectivity index (χ1n) is 4.99. The van der Waals surface area contributed by atoms with Gasteiger partial charge in [0.25, 0.3) is 0 Å². The molecule has 0 saturated heterocycles. The lowest BCUT2D eigenvalue weighted by Gasteiger charge is -2.16. The highest BCUT2D eigenvalue weighted by atomic mass is 32.2. The van der Waals surface area contributed by atoms with Gasteiger partial charge in [0.05, 0.1) is 0 Å². The van der Waals surface area contributed by atoms with Gasteiger partial charge in [-0.15, -0.1) is 0 Å². The van der Waals surface area contributed by atoms with E-state index in [9.17, 15) is 14.5 Å². The molecule has 1 aromatic carbocycles. The number of phenols is 1. The van der Waals surface area contributed by atoms with Crippen LogP contribution in [0.25, 0.3) is 0 Å². The number of phenolic OH excluding ortho intramolecular Hbond substituents is 1. The second-order valence-electron chi connectivity index (χ2n) is 3.52. The van der Waals surface area contributed by atoms with Crippen LogP contribution in [-0.2, 0) is 20.7 Å². The van der Waals surface area contributed by atoms with Crippen LogP contribution in [0, 0.1) is 0 Å². The van der Waals surface area contributed by atoms with E-state index in [2.05, 4.69) is 0 Å². The van der Waals surface area contributed by atoms with E-state index in [0.717, 1.165) is 0 Å². The van der Waals surface area contributed by atoms with Crippen LogP contribution in [0.15, 0.2) is 23.1 Å². The number of hydrogen-bond donors (Lipinski definition) is 2. The average Bonchev–Trinajstić information content (AvgIpc) is 2.26. The number of rotatable bonds is 4. The van der Waals surface area contributed by atoms with Crippen LogP contribution in [-0.4, -0.2) is 28.4 Å². The maximum atomic E-state index is 11.4. The maximum Gasteiger partial charge on any atom is 0.303 e. The fraction of sp³-hybridized carbons (Fsp3) is 0.364. The zero-order valence-electron chi connectivity index (χ0n) is 9.67. The Hall–Kier alpha value is -1.24. The molecule has 0 saturated carbocycles. The highest BCUT2D eigenvalue weighted by molar-refractivity contribution is 7.90. The summed E-state index contributed by atoms with van der Waals surface area (Å²) in [6.07, 6.45) is 0.873. The molecule has 0 fully saturated rings. The fourth-order valence-electron chi connectivity index (χ4n) is 1.41. The molecule has 3 N–H and O–H groups in total. The number of nitrogens with two attached hydrogens (primary N) is 1. The molecule has 94 valence electrons. The van der Waals surface area contributed by atoms with Crippen molar-refractivity contribution in [2.24, 2.45) is 5.73 Å². The highest BCUT2D eigenvalue weighted by Gasteiger charge is 2.18. The summed E-state index contributed by atoms with van der Waals surface area (Å²) in [4.78, 5) is 11.2. The van der Waals surface area contributed by atoms with Crippen molar-refractivity contribution in [3.05, 3.63) is 23.8 Å². The molecule has 0 spiro atoms. The van der Waals surface area contributed by atoms with Crippen molar-refractivity contribution in [1.29, 1.82) is 0 Å². The number of esters is 1. The van der Waals surface area contributed by atoms with Crippen molar-refractivity contribution in [3.8, 4) is 5.75 Å². The second-order valence-corrected chi connectivity index (χ2v) is 4.86. The van der Waals surface area contributed by atoms with Gasteiger partial charge in [-0.3, -0.25) is 4.79 Å². The standard InChI is InChI=1S/C11H15NO4S/c1-7(13)16-10(6-12)8-3-4-9(14)11(5-8)17(2)15/h3-5,10,14H,6,12H2,1-2H3. The minimum absolute atomic E-state index is 0.0480. The van der Waals surface area contributed by atoms with E-state index >= 15 is 0 Å². The Morgan fingerprint density at radius 1 is 1.65 bits per heavy atom. The van der Waals surface area contributed by atoms with Crippen molar-refractivity contribution in [2.75, 3.05) is 12.8 Å². The van der Waals surface area contributed by atoms with Crippen LogP contribution in [0.5, 0.6) is 5.75 Å². The summed E-state index contributed by atoms with van der Waals surface area (Å²) in [5.41, 5.74) is 6.12. The summed E-state index contributed by atoms with van der Waals surface area (Å²) >= 11 is -1.31. The summed E-state index contributed by atoms with van der Waals surface area (Å²) in [5, 5.41) is 9.51. The van der Waals surface area contributed by atoms with Gasteiger partial charge in [-0.1, -0.05) is 6.07 Å². The van der Waals surface area contributed by atoms with E-state index < -0.39 is 23.2 Å². The Kier molecular flexibility index (Phi) is 4.80. The third-order valence-electron chi connectivity index (χ3n) is 2.19. The molecule has 0 aliphatic rings. The number of hydrogen-bond acceptors (Lipinski definition) is 5. The monoisotopic (exact) mass is 257 g/mol. The lowest BCUT2D eigenvalue weighted by atomic mass is 10.1. The van der Waals surface area contributed by atoms with E-state index in [1.165, 1.54) is 25.3 Å². The van der Waals surface area contributed by atoms with Gasteiger partial charge in [0.15, 0.2) is 10.6 Å². The smallest absolute Gasteiger partial charge is 0.303 e. The Bertz CT molecular complexity index is 408. The summed E-state index contributed by atoms with van der Waals surface area (Å²) in [6, 6.07) is 4.54. The van der Waals surface area contributed by atoms with Gasteiger partial charge >= 0.3 is 5.97 Å². The molecular formula is C11H15NO4S. The van der Waals surface area contributed by atoms with Crippen molar-refractivity contribution in [3.63, 3.8) is 0 Å². The van der Waals surface area contributed by atoms with E-state index in [4.69, 9.17) is 10.5 Å². The van der Waals surface area contributed by atoms with Crippen LogP contribution in [0.4, 0.5) is 0 Å². The van der Waals surface area contributed by atoms with Gasteiger partial charge in [0.1, 0.15) is 12.4 Å². The van der Waals surface area contributed by atoms with Gasteiger partial charge in [-0.25, -0.2) is 0 Å². The highest BCUT2D eigenvalue weighted by Crippen LogP contribution is 2.27. The largest absolute Gasteiger partial charge is 0.612 e. The number of ether oxygens (including phenoxy) is 1. The Labute approximate surface area is 103 Å². The molecule has 0 radical (unpaired) electrons. The number of aromatic hydroxyl groups is 1. The van der Waals surface area contributed by atoms with Gasteiger partial charge < -0.3 is 20.1 Å². The fourth-order valence-corrected chi connectivity index (χ4v) is 2.08. The predicted molar refractivity (Wildman–Crippen MR) is 64.0 cm³/mol. The van der Waals surface area contributed by atoms with E-state index in [-0.39, 0.29) is 12.3 Å². The molecule has 1 aromatic rings. The van der Waals surface area contributed by atoms with Crippen molar-refractivity contribution in [2.45, 2.75) is 17.9 Å². The SMILES string of the molecule is CC(=O)OC(CN)c1ccc(O)c([S+](C)[O-])c1. The van der Waals surface area contributed by atoms with E-state index in [1.807, 2.05) is 0 Å². The first-order valence-corrected chi connectivity index (χ1v) is 6.55. The first-order chi connectivity index (χ1) is 7.95. The number of benzene rings is 1. The molecule has 0 amide bonds. The summed E-state index contributed by atoms with van der Waals surface area (Å²) in [7, 11) is 0. The molecular weight excluding hydrogens is 242 g/mol. The first kappa shape index (κ1) is 13.8. The zero-order valence-corrected chi connectivity index (χ0v) is 10.5. The number of carbonyl (C=O) groups excluding carboxylic acids is 1. The molecule has 2 atom stereocenters. The van der Waals surface area contributed by atoms with Crippen LogP contribution < -0.4 is 5.73 Å². The van der Waals surface area contributed by atoms with Gasteiger partial charge in [0.2, 0.25) is 0 Å². The van der Waals surface area contributed by atoms with Crippen molar-refractivity contribution in [1.82, 2.24) is 0 Å². The minimum Gasteiger partial charge on any atom is -0.612 e. The average molecular weight is 257 g/mol. The number of carbonyl (C=O) groups is 1. The van der Waals surface area contributed by atoms with Crippen LogP contribution >= 0.6 is 0 Å². The molecule has 5 nitrogen and oxygen atoms in total. The Morgan fingerprint density at radius 3 is 2.76 bits per heavy atom. The maximum absolute atomic E-state index is 11.4. The molecule has 0 aliphatic carbocycles. The third-order valence-corrected chi connectivity index (χ3v) is 3.13. The Balaban J connectivity index is 3.04. The van der Waals surface area contributed by atoms with Crippen LogP contribution in [0.2, 0.25) is 0 Å². The van der Waals surface area contributed by atoms with E-state index in [0.29, 0.717) is 10.5 Å².